The summed E-state index contributed by atoms with van der Waals surface area (Å²) in [4.78, 5) is 45.1. The Hall–Kier alpha value is -3.42. The molecule has 2 atom stereocenters. The Kier molecular flexibility index (Phi) is 9.47. The van der Waals surface area contributed by atoms with Crippen molar-refractivity contribution in [2.75, 3.05) is 0 Å². The maximum absolute atomic E-state index is 12.3. The molecule has 2 aliphatic heterocycles. The van der Waals surface area contributed by atoms with E-state index in [1.54, 1.807) is 6.08 Å². The Morgan fingerprint density at radius 2 is 1.30 bits per heavy atom. The topological polar surface area (TPSA) is 116 Å². The monoisotopic (exact) mass is 514 g/mol. The first kappa shape index (κ1) is 29.8. The van der Waals surface area contributed by atoms with Crippen LogP contribution in [0.15, 0.2) is 54.6 Å². The minimum absolute atomic E-state index is 0.00739. The summed E-state index contributed by atoms with van der Waals surface area (Å²) in [6.45, 7) is 12.4. The van der Waals surface area contributed by atoms with Gasteiger partial charge >= 0.3 is 23.9 Å². The van der Waals surface area contributed by atoms with Crippen LogP contribution in [0.4, 0.5) is 0 Å². The summed E-state index contributed by atoms with van der Waals surface area (Å²) in [6, 6.07) is 9.43. The number of benzene rings is 1. The summed E-state index contributed by atoms with van der Waals surface area (Å²) in [5, 5.41) is 8.92. The van der Waals surface area contributed by atoms with Crippen molar-refractivity contribution in [2.24, 2.45) is 10.8 Å². The van der Waals surface area contributed by atoms with Crippen molar-refractivity contribution in [1.29, 1.82) is 0 Å². The minimum atomic E-state index is -1.31. The number of carbonyl (C=O) groups is 4. The number of carboxylic acids is 1. The highest BCUT2D eigenvalue weighted by Crippen LogP contribution is 2.34. The van der Waals surface area contributed by atoms with E-state index in [0.717, 1.165) is 5.56 Å². The summed E-state index contributed by atoms with van der Waals surface area (Å²) < 4.78 is 15.2. The van der Waals surface area contributed by atoms with Gasteiger partial charge in [-0.3, -0.25) is 9.59 Å². The lowest BCUT2D eigenvalue weighted by atomic mass is 9.88. The van der Waals surface area contributed by atoms with Gasteiger partial charge in [0.2, 0.25) is 11.2 Å². The molecule has 0 radical (unpaired) electrons. The van der Waals surface area contributed by atoms with Crippen molar-refractivity contribution < 1.29 is 38.5 Å². The van der Waals surface area contributed by atoms with Crippen molar-refractivity contribution in [3.63, 3.8) is 0 Å². The molecule has 202 valence electrons. The molecule has 8 heteroatoms. The second-order valence-electron chi connectivity index (χ2n) is 11.6. The lowest BCUT2D eigenvalue weighted by Gasteiger charge is -2.37. The van der Waals surface area contributed by atoms with Crippen molar-refractivity contribution in [3.05, 3.63) is 60.2 Å². The number of aliphatic carboxylic acids is 1. The summed E-state index contributed by atoms with van der Waals surface area (Å²) in [5.41, 5.74) is -1.52. The second-order valence-corrected chi connectivity index (χ2v) is 11.6. The van der Waals surface area contributed by atoms with Gasteiger partial charge in [0, 0.05) is 12.8 Å². The Morgan fingerprint density at radius 3 is 1.70 bits per heavy atom. The van der Waals surface area contributed by atoms with Crippen LogP contribution in [-0.2, 0) is 40.0 Å². The number of hydrogen-bond donors (Lipinski definition) is 1. The van der Waals surface area contributed by atoms with E-state index in [-0.39, 0.29) is 42.7 Å². The zero-order valence-corrected chi connectivity index (χ0v) is 22.5. The number of cyclic esters (lactones) is 2. The predicted octanol–water partition coefficient (Wildman–Crippen LogP) is 5.16. The molecule has 1 aromatic carbocycles. The van der Waals surface area contributed by atoms with Crippen LogP contribution in [0.5, 0.6) is 0 Å². The largest absolute Gasteiger partial charge is 0.478 e. The number of rotatable bonds is 8. The normalized spacial score (nSPS) is 23.3. The molecule has 2 aliphatic rings. The highest BCUT2D eigenvalue weighted by Gasteiger charge is 2.53. The molecule has 1 N–H and O–H groups in total. The van der Waals surface area contributed by atoms with E-state index in [9.17, 15) is 19.2 Å². The van der Waals surface area contributed by atoms with Crippen LogP contribution in [0.3, 0.4) is 0 Å². The number of carbonyl (C=O) groups excluding carboxylic acids is 3. The third kappa shape index (κ3) is 9.19. The number of carboxylic acid groups (broad SMARTS) is 1. The van der Waals surface area contributed by atoms with Gasteiger partial charge in [-0.05, 0) is 16.4 Å². The molecule has 0 unspecified atom stereocenters. The average Bonchev–Trinajstić information content (AvgIpc) is 2.73. The Bertz CT molecular complexity index is 1020. The third-order valence-electron chi connectivity index (χ3n) is 5.58. The van der Waals surface area contributed by atoms with Gasteiger partial charge in [-0.15, -0.1) is 0 Å². The van der Waals surface area contributed by atoms with Gasteiger partial charge in [-0.25, -0.2) is 9.59 Å². The van der Waals surface area contributed by atoms with Gasteiger partial charge in [0.1, 0.15) is 6.61 Å². The fourth-order valence-corrected chi connectivity index (χ4v) is 3.58. The first-order valence-corrected chi connectivity index (χ1v) is 12.3. The summed E-state index contributed by atoms with van der Waals surface area (Å²) in [7, 11) is 0. The molecule has 1 aromatic rings. The van der Waals surface area contributed by atoms with Gasteiger partial charge in [0.25, 0.3) is 0 Å². The molecule has 8 nitrogen and oxygen atoms in total. The molecular weight excluding hydrogens is 476 g/mol. The Morgan fingerprint density at radius 1 is 0.865 bits per heavy atom. The van der Waals surface area contributed by atoms with E-state index in [1.165, 1.54) is 0 Å². The van der Waals surface area contributed by atoms with E-state index >= 15 is 0 Å². The summed E-state index contributed by atoms with van der Waals surface area (Å²) >= 11 is 0. The molecule has 3 rings (SSSR count). The van der Waals surface area contributed by atoms with Crippen LogP contribution in [0.25, 0.3) is 0 Å². The maximum Gasteiger partial charge on any atom is 0.351 e. The van der Waals surface area contributed by atoms with E-state index in [0.29, 0.717) is 6.42 Å². The van der Waals surface area contributed by atoms with Crippen LogP contribution in [0.1, 0.15) is 72.8 Å². The maximum atomic E-state index is 12.3. The third-order valence-corrected chi connectivity index (χ3v) is 5.58. The first-order chi connectivity index (χ1) is 17.1. The van der Waals surface area contributed by atoms with E-state index in [2.05, 4.69) is 20.8 Å². The molecule has 2 fully saturated rings. The van der Waals surface area contributed by atoms with E-state index < -0.39 is 29.1 Å². The smallest absolute Gasteiger partial charge is 0.351 e. The molecule has 2 saturated heterocycles. The first-order valence-electron chi connectivity index (χ1n) is 12.3. The standard InChI is InChI=1S/C18H22O4.C11H16O4/c1-17(2,3)10-7-11-18(12-15(19)22-18)16(20)21-13-14-8-5-4-6-9-14;1-10(2,3)5-4-6-11(9(13)14)7-8(12)15-11/h4-10H,11-13H2,1-3H3;4-5H,6-7H2,1-3H3,(H,13,14)/b10-7+;5-4+/t18-;11-/m11/s1. The zero-order valence-electron chi connectivity index (χ0n) is 22.5. The molecule has 2 heterocycles. The van der Waals surface area contributed by atoms with Crippen LogP contribution in [0, 0.1) is 10.8 Å². The Labute approximate surface area is 218 Å². The summed E-state index contributed by atoms with van der Waals surface area (Å²) in [5.74, 6) is -2.35. The van der Waals surface area contributed by atoms with Crippen LogP contribution in [0.2, 0.25) is 0 Å². The number of esters is 3. The van der Waals surface area contributed by atoms with Gasteiger partial charge < -0.3 is 19.3 Å². The highest BCUT2D eigenvalue weighted by molar-refractivity contribution is 5.94. The van der Waals surface area contributed by atoms with Crippen molar-refractivity contribution in [3.8, 4) is 0 Å². The lowest BCUT2D eigenvalue weighted by Crippen LogP contribution is -2.54. The molecule has 0 bridgehead atoms. The molecular formula is C29H38O8. The lowest BCUT2D eigenvalue weighted by molar-refractivity contribution is -0.208. The predicted molar refractivity (Wildman–Crippen MR) is 137 cm³/mol. The molecule has 0 amide bonds. The fourth-order valence-electron chi connectivity index (χ4n) is 3.58. The van der Waals surface area contributed by atoms with Crippen molar-refractivity contribution in [2.45, 2.75) is 85.0 Å². The van der Waals surface area contributed by atoms with Crippen LogP contribution >= 0.6 is 0 Å². The second kappa shape index (κ2) is 11.8. The van der Waals surface area contributed by atoms with E-state index in [4.69, 9.17) is 19.3 Å². The van der Waals surface area contributed by atoms with Crippen molar-refractivity contribution >= 4 is 23.9 Å². The van der Waals surface area contributed by atoms with E-state index in [1.807, 2.05) is 69.3 Å². The molecule has 0 aliphatic carbocycles. The number of hydrogen-bond acceptors (Lipinski definition) is 7. The zero-order chi connectivity index (χ0) is 27.9. The molecule has 0 aromatic heterocycles. The average molecular weight is 515 g/mol. The summed E-state index contributed by atoms with van der Waals surface area (Å²) in [6.07, 6.45) is 8.22. The highest BCUT2D eigenvalue weighted by atomic mass is 16.6. The van der Waals surface area contributed by atoms with Crippen LogP contribution in [-0.4, -0.2) is 40.2 Å². The van der Waals surface area contributed by atoms with Crippen LogP contribution < -0.4 is 0 Å². The quantitative estimate of drug-likeness (QED) is 0.287. The van der Waals surface area contributed by atoms with Gasteiger partial charge in [-0.1, -0.05) is 96.2 Å². The van der Waals surface area contributed by atoms with Crippen molar-refractivity contribution in [1.82, 2.24) is 0 Å². The van der Waals surface area contributed by atoms with Gasteiger partial charge in [-0.2, -0.15) is 0 Å². The Balaban J connectivity index is 0.000000281. The minimum Gasteiger partial charge on any atom is -0.478 e. The fraction of sp³-hybridized carbons (Fsp3) is 0.517. The molecule has 37 heavy (non-hydrogen) atoms. The molecule has 0 spiro atoms. The number of allylic oxidation sites excluding steroid dienone is 2. The van der Waals surface area contributed by atoms with Gasteiger partial charge in [0.15, 0.2) is 0 Å². The van der Waals surface area contributed by atoms with Gasteiger partial charge in [0.05, 0.1) is 12.8 Å². The molecule has 0 saturated carbocycles. The number of ether oxygens (including phenoxy) is 3. The SMILES string of the molecule is CC(C)(C)/C=C/C[C@]1(C(=O)O)CC(=O)O1.CC(C)(C)/C=C/C[C@]1(C(=O)OCc2ccccc2)CC(=O)O1.